The Labute approximate surface area is 109 Å². The van der Waals surface area contributed by atoms with Gasteiger partial charge in [-0.2, -0.15) is 0 Å². The van der Waals surface area contributed by atoms with Crippen LogP contribution in [0.1, 0.15) is 33.6 Å². The average molecular weight is 255 g/mol. The van der Waals surface area contributed by atoms with Crippen molar-refractivity contribution < 1.29 is 9.59 Å². The molecule has 1 fully saturated rings. The number of carbonyl (C=O) groups excluding carboxylic acids is 2. The Morgan fingerprint density at radius 2 is 1.89 bits per heavy atom. The minimum Gasteiger partial charge on any atom is -0.346 e. The van der Waals surface area contributed by atoms with Crippen molar-refractivity contribution in [1.29, 1.82) is 0 Å². The second-order valence-corrected chi connectivity index (χ2v) is 5.57. The predicted octanol–water partition coefficient (Wildman–Crippen LogP) is 0.343. The van der Waals surface area contributed by atoms with Gasteiger partial charge in [-0.15, -0.1) is 0 Å². The number of nitrogens with two attached hydrogens (primary N) is 1. The summed E-state index contributed by atoms with van der Waals surface area (Å²) in [4.78, 5) is 25.2. The van der Waals surface area contributed by atoms with E-state index in [1.807, 2.05) is 13.8 Å². The Morgan fingerprint density at radius 1 is 1.33 bits per heavy atom. The van der Waals surface area contributed by atoms with E-state index in [4.69, 9.17) is 5.73 Å². The van der Waals surface area contributed by atoms with Crippen LogP contribution in [-0.4, -0.2) is 42.4 Å². The summed E-state index contributed by atoms with van der Waals surface area (Å²) >= 11 is 0. The van der Waals surface area contributed by atoms with E-state index in [1.165, 1.54) is 12.8 Å². The van der Waals surface area contributed by atoms with Gasteiger partial charge in [0.05, 0.1) is 12.6 Å². The fourth-order valence-electron chi connectivity index (χ4n) is 1.83. The normalized spacial score (nSPS) is 18.3. The maximum atomic E-state index is 11.9. The van der Waals surface area contributed by atoms with Crippen LogP contribution >= 0.6 is 0 Å². The molecule has 0 aromatic heterocycles. The van der Waals surface area contributed by atoms with Gasteiger partial charge in [-0.3, -0.25) is 9.59 Å². The molecule has 2 atom stereocenters. The highest BCUT2D eigenvalue weighted by molar-refractivity contribution is 5.87. The van der Waals surface area contributed by atoms with Crippen molar-refractivity contribution in [2.45, 2.75) is 45.7 Å². The fraction of sp³-hybridized carbons (Fsp3) is 0.846. The van der Waals surface area contributed by atoms with Gasteiger partial charge in [0.2, 0.25) is 11.8 Å². The molecule has 18 heavy (non-hydrogen) atoms. The first-order valence-electron chi connectivity index (χ1n) is 6.63. The van der Waals surface area contributed by atoms with E-state index in [0.29, 0.717) is 5.92 Å². The third kappa shape index (κ3) is 3.98. The number of rotatable bonds is 6. The van der Waals surface area contributed by atoms with E-state index in [2.05, 4.69) is 12.2 Å². The van der Waals surface area contributed by atoms with Gasteiger partial charge in [-0.05, 0) is 31.6 Å². The molecular formula is C13H25N3O2. The summed E-state index contributed by atoms with van der Waals surface area (Å²) in [7, 11) is 1.79. The lowest BCUT2D eigenvalue weighted by Crippen LogP contribution is -2.48. The molecule has 5 nitrogen and oxygen atoms in total. The van der Waals surface area contributed by atoms with Crippen molar-refractivity contribution in [2.75, 3.05) is 13.6 Å². The fourth-order valence-corrected chi connectivity index (χ4v) is 1.83. The van der Waals surface area contributed by atoms with Crippen LogP contribution < -0.4 is 11.1 Å². The Bertz CT molecular complexity index is 313. The summed E-state index contributed by atoms with van der Waals surface area (Å²) in [6, 6.07) is -0.294. The highest BCUT2D eigenvalue weighted by Gasteiger charge is 2.32. The third-order valence-electron chi connectivity index (χ3n) is 3.74. The van der Waals surface area contributed by atoms with Crippen molar-refractivity contribution in [1.82, 2.24) is 10.2 Å². The topological polar surface area (TPSA) is 75.4 Å². The summed E-state index contributed by atoms with van der Waals surface area (Å²) in [5.74, 6) is 0.389. The zero-order valence-corrected chi connectivity index (χ0v) is 11.8. The summed E-state index contributed by atoms with van der Waals surface area (Å²) in [5.41, 5.74) is 5.70. The van der Waals surface area contributed by atoms with Crippen molar-refractivity contribution in [3.8, 4) is 0 Å². The Kier molecular flexibility index (Phi) is 5.14. The van der Waals surface area contributed by atoms with Crippen LogP contribution in [0, 0.1) is 11.8 Å². The van der Waals surface area contributed by atoms with Gasteiger partial charge in [-0.25, -0.2) is 0 Å². The number of carbonyl (C=O) groups is 2. The third-order valence-corrected chi connectivity index (χ3v) is 3.74. The van der Waals surface area contributed by atoms with Crippen molar-refractivity contribution >= 4 is 11.8 Å². The van der Waals surface area contributed by atoms with Crippen LogP contribution in [0.25, 0.3) is 0 Å². The van der Waals surface area contributed by atoms with E-state index in [1.54, 1.807) is 11.9 Å². The molecule has 1 saturated carbocycles. The Hall–Kier alpha value is -1.10. The smallest absolute Gasteiger partial charge is 0.241 e. The number of nitrogens with zero attached hydrogens (tertiary/aromatic N) is 1. The molecule has 104 valence electrons. The molecular weight excluding hydrogens is 230 g/mol. The molecule has 1 unspecified atom stereocenters. The van der Waals surface area contributed by atoms with Gasteiger partial charge in [0.25, 0.3) is 0 Å². The molecule has 0 bridgehead atoms. The summed E-state index contributed by atoms with van der Waals surface area (Å²) in [6.45, 7) is 5.85. The van der Waals surface area contributed by atoms with Gasteiger partial charge in [0, 0.05) is 13.1 Å². The van der Waals surface area contributed by atoms with Crippen LogP contribution in [0.5, 0.6) is 0 Å². The largest absolute Gasteiger partial charge is 0.346 e. The van der Waals surface area contributed by atoms with E-state index in [-0.39, 0.29) is 30.3 Å². The zero-order chi connectivity index (χ0) is 13.9. The molecule has 0 aromatic carbocycles. The Balaban J connectivity index is 2.33. The van der Waals surface area contributed by atoms with Gasteiger partial charge in [0.1, 0.15) is 0 Å². The molecule has 0 aromatic rings. The van der Waals surface area contributed by atoms with E-state index in [9.17, 15) is 9.59 Å². The van der Waals surface area contributed by atoms with Crippen LogP contribution in [-0.2, 0) is 9.59 Å². The monoisotopic (exact) mass is 255 g/mol. The molecule has 0 saturated heterocycles. The number of amides is 2. The first kappa shape index (κ1) is 15.0. The second kappa shape index (κ2) is 6.18. The van der Waals surface area contributed by atoms with Gasteiger partial charge < -0.3 is 16.0 Å². The first-order valence-corrected chi connectivity index (χ1v) is 6.63. The predicted molar refractivity (Wildman–Crippen MR) is 70.8 cm³/mol. The number of hydrogen-bond acceptors (Lipinski definition) is 3. The molecule has 0 radical (unpaired) electrons. The first-order chi connectivity index (χ1) is 8.34. The standard InChI is InChI=1S/C13H25N3O2/c1-8(2)12(14)13(18)15-7-11(17)16(4)9(3)10-5-6-10/h8-10,12H,5-7,14H2,1-4H3,(H,15,18)/t9?,12-/m0/s1. The van der Waals surface area contributed by atoms with Gasteiger partial charge >= 0.3 is 0 Å². The van der Waals surface area contributed by atoms with E-state index in [0.717, 1.165) is 0 Å². The number of likely N-dealkylation sites (N-methyl/N-ethyl adjacent to an activating group) is 1. The molecule has 2 amide bonds. The average Bonchev–Trinajstić information content (AvgIpc) is 3.16. The number of hydrogen-bond donors (Lipinski definition) is 2. The molecule has 1 aliphatic carbocycles. The molecule has 0 aliphatic heterocycles. The minimum atomic E-state index is -0.552. The van der Waals surface area contributed by atoms with Crippen LogP contribution in [0.3, 0.4) is 0 Å². The second-order valence-electron chi connectivity index (χ2n) is 5.57. The van der Waals surface area contributed by atoms with E-state index >= 15 is 0 Å². The van der Waals surface area contributed by atoms with Gasteiger partial charge in [-0.1, -0.05) is 13.8 Å². The lowest BCUT2D eigenvalue weighted by Gasteiger charge is -2.25. The number of nitrogens with one attached hydrogen (secondary N) is 1. The minimum absolute atomic E-state index is 0.0345. The highest BCUT2D eigenvalue weighted by atomic mass is 16.2. The van der Waals surface area contributed by atoms with Crippen molar-refractivity contribution in [3.63, 3.8) is 0 Å². The lowest BCUT2D eigenvalue weighted by molar-refractivity contribution is -0.134. The van der Waals surface area contributed by atoms with Gasteiger partial charge in [0.15, 0.2) is 0 Å². The van der Waals surface area contributed by atoms with Crippen molar-refractivity contribution in [2.24, 2.45) is 17.6 Å². The lowest BCUT2D eigenvalue weighted by atomic mass is 10.1. The Morgan fingerprint density at radius 3 is 2.33 bits per heavy atom. The molecule has 5 heteroatoms. The quantitative estimate of drug-likeness (QED) is 0.719. The molecule has 3 N–H and O–H groups in total. The van der Waals surface area contributed by atoms with Crippen LogP contribution in [0.4, 0.5) is 0 Å². The summed E-state index contributed by atoms with van der Waals surface area (Å²) in [6.07, 6.45) is 2.40. The molecule has 0 spiro atoms. The maximum Gasteiger partial charge on any atom is 0.241 e. The van der Waals surface area contributed by atoms with Crippen molar-refractivity contribution in [3.05, 3.63) is 0 Å². The SMILES string of the molecule is CC(C)[C@H](N)C(=O)NCC(=O)N(C)C(C)C1CC1. The zero-order valence-electron chi connectivity index (χ0n) is 11.8. The van der Waals surface area contributed by atoms with E-state index < -0.39 is 6.04 Å². The molecule has 0 heterocycles. The molecule has 1 aliphatic rings. The highest BCUT2D eigenvalue weighted by Crippen LogP contribution is 2.34. The maximum absolute atomic E-state index is 11.9. The summed E-state index contributed by atoms with van der Waals surface area (Å²) < 4.78 is 0. The molecule has 1 rings (SSSR count). The van der Waals surface area contributed by atoms with Crippen LogP contribution in [0.15, 0.2) is 0 Å². The summed E-state index contributed by atoms with van der Waals surface area (Å²) in [5, 5.41) is 2.60. The van der Waals surface area contributed by atoms with Crippen LogP contribution in [0.2, 0.25) is 0 Å².